The van der Waals surface area contributed by atoms with E-state index in [1.54, 1.807) is 36.7 Å². The van der Waals surface area contributed by atoms with E-state index in [-0.39, 0.29) is 11.7 Å². The molecule has 1 heterocycles. The molecule has 6 heteroatoms. The van der Waals surface area contributed by atoms with E-state index in [4.69, 9.17) is 10.9 Å². The molecule has 1 aromatic heterocycles. The van der Waals surface area contributed by atoms with Crippen LogP contribution in [-0.4, -0.2) is 28.5 Å². The van der Waals surface area contributed by atoms with Crippen molar-refractivity contribution in [2.45, 2.75) is 6.42 Å². The van der Waals surface area contributed by atoms with E-state index in [9.17, 15) is 4.79 Å². The summed E-state index contributed by atoms with van der Waals surface area (Å²) in [7, 11) is 0. The normalized spacial score (nSPS) is 11.1. The number of aromatic nitrogens is 1. The summed E-state index contributed by atoms with van der Waals surface area (Å²) in [6, 6.07) is 10.4. The average Bonchev–Trinajstić information content (AvgIpc) is 2.55. The van der Waals surface area contributed by atoms with Gasteiger partial charge >= 0.3 is 0 Å². The van der Waals surface area contributed by atoms with Crippen LogP contribution >= 0.6 is 0 Å². The number of hydrogen-bond acceptors (Lipinski definition) is 4. The van der Waals surface area contributed by atoms with Gasteiger partial charge in [0.25, 0.3) is 5.91 Å². The smallest absolute Gasteiger partial charge is 0.251 e. The molecule has 2 rings (SSSR count). The molecule has 0 aliphatic carbocycles. The number of amides is 1. The van der Waals surface area contributed by atoms with Gasteiger partial charge in [-0.25, -0.2) is 0 Å². The van der Waals surface area contributed by atoms with E-state index in [1.807, 2.05) is 12.1 Å². The lowest BCUT2D eigenvalue weighted by atomic mass is 10.1. The quantitative estimate of drug-likeness (QED) is 0.332. The van der Waals surface area contributed by atoms with Gasteiger partial charge in [-0.2, -0.15) is 0 Å². The number of benzene rings is 1. The molecule has 4 N–H and O–H groups in total. The molecular formula is C15H16N4O2. The maximum Gasteiger partial charge on any atom is 0.251 e. The van der Waals surface area contributed by atoms with E-state index in [0.717, 1.165) is 5.56 Å². The van der Waals surface area contributed by atoms with Gasteiger partial charge in [0, 0.05) is 30.1 Å². The van der Waals surface area contributed by atoms with Gasteiger partial charge in [0.15, 0.2) is 5.84 Å². The van der Waals surface area contributed by atoms with Crippen LogP contribution in [0.4, 0.5) is 0 Å². The molecule has 0 unspecified atom stereocenters. The monoisotopic (exact) mass is 284 g/mol. The molecule has 0 spiro atoms. The molecule has 2 aromatic rings. The Hall–Kier alpha value is -2.89. The molecule has 0 atom stereocenters. The van der Waals surface area contributed by atoms with Gasteiger partial charge in [0.1, 0.15) is 0 Å². The summed E-state index contributed by atoms with van der Waals surface area (Å²) < 4.78 is 0. The first-order chi connectivity index (χ1) is 10.2. The molecule has 0 aliphatic heterocycles. The van der Waals surface area contributed by atoms with Gasteiger partial charge in [-0.05, 0) is 30.2 Å². The van der Waals surface area contributed by atoms with Crippen LogP contribution in [0.1, 0.15) is 21.5 Å². The highest BCUT2D eigenvalue weighted by Crippen LogP contribution is 2.05. The second kappa shape index (κ2) is 7.04. The zero-order chi connectivity index (χ0) is 15.1. The summed E-state index contributed by atoms with van der Waals surface area (Å²) in [4.78, 5) is 16.0. The van der Waals surface area contributed by atoms with Crippen LogP contribution in [0.15, 0.2) is 53.9 Å². The minimum atomic E-state index is -0.202. The fourth-order valence-electron chi connectivity index (χ4n) is 1.85. The Balaban J connectivity index is 1.94. The van der Waals surface area contributed by atoms with Crippen LogP contribution < -0.4 is 11.1 Å². The molecule has 0 saturated heterocycles. The van der Waals surface area contributed by atoms with Crippen molar-refractivity contribution in [2.75, 3.05) is 6.54 Å². The largest absolute Gasteiger partial charge is 0.409 e. The molecule has 108 valence electrons. The lowest BCUT2D eigenvalue weighted by Gasteiger charge is -2.06. The zero-order valence-electron chi connectivity index (χ0n) is 11.4. The summed E-state index contributed by atoms with van der Waals surface area (Å²) in [5.41, 5.74) is 7.52. The fraction of sp³-hybridized carbons (Fsp3) is 0.133. The van der Waals surface area contributed by atoms with Crippen molar-refractivity contribution < 1.29 is 10.0 Å². The van der Waals surface area contributed by atoms with Gasteiger partial charge in [-0.15, -0.1) is 0 Å². The third kappa shape index (κ3) is 4.04. The van der Waals surface area contributed by atoms with E-state index >= 15 is 0 Å². The topological polar surface area (TPSA) is 101 Å². The summed E-state index contributed by atoms with van der Waals surface area (Å²) >= 11 is 0. The molecule has 6 nitrogen and oxygen atoms in total. The van der Waals surface area contributed by atoms with E-state index in [2.05, 4.69) is 15.5 Å². The van der Waals surface area contributed by atoms with Crippen LogP contribution in [0.3, 0.4) is 0 Å². The summed E-state index contributed by atoms with van der Waals surface area (Å²) in [5, 5.41) is 14.4. The van der Waals surface area contributed by atoms with Gasteiger partial charge in [0.05, 0.1) is 0 Å². The number of hydrogen-bond donors (Lipinski definition) is 3. The number of carbonyl (C=O) groups excluding carboxylic acids is 1. The predicted molar refractivity (Wildman–Crippen MR) is 79.2 cm³/mol. The van der Waals surface area contributed by atoms with Crippen LogP contribution in [0.2, 0.25) is 0 Å². The number of rotatable bonds is 5. The van der Waals surface area contributed by atoms with Gasteiger partial charge < -0.3 is 16.3 Å². The van der Waals surface area contributed by atoms with Crippen molar-refractivity contribution in [1.82, 2.24) is 10.3 Å². The fourth-order valence-corrected chi connectivity index (χ4v) is 1.85. The van der Waals surface area contributed by atoms with E-state index in [0.29, 0.717) is 24.1 Å². The Kier molecular flexibility index (Phi) is 4.87. The molecular weight excluding hydrogens is 268 g/mol. The third-order valence-electron chi connectivity index (χ3n) is 2.95. The first kappa shape index (κ1) is 14.5. The molecule has 1 amide bonds. The summed E-state index contributed by atoms with van der Waals surface area (Å²) in [6.45, 7) is 0.512. The molecule has 0 fully saturated rings. The highest BCUT2D eigenvalue weighted by atomic mass is 16.4. The highest BCUT2D eigenvalue weighted by Gasteiger charge is 2.07. The maximum absolute atomic E-state index is 12.0. The molecule has 1 aromatic carbocycles. The Morgan fingerprint density at radius 3 is 2.81 bits per heavy atom. The summed E-state index contributed by atoms with van der Waals surface area (Å²) in [5.74, 6) is -0.230. The second-order valence-corrected chi connectivity index (χ2v) is 4.43. The minimum absolute atomic E-state index is 0.0278. The predicted octanol–water partition coefficient (Wildman–Crippen LogP) is 1.15. The molecule has 0 saturated carbocycles. The summed E-state index contributed by atoms with van der Waals surface area (Å²) in [6.07, 6.45) is 4.19. The van der Waals surface area contributed by atoms with E-state index < -0.39 is 0 Å². The number of pyridine rings is 1. The number of amidine groups is 1. The Morgan fingerprint density at radius 1 is 1.29 bits per heavy atom. The second-order valence-electron chi connectivity index (χ2n) is 4.43. The van der Waals surface area contributed by atoms with Crippen LogP contribution in [-0.2, 0) is 6.42 Å². The van der Waals surface area contributed by atoms with Crippen LogP contribution in [0.25, 0.3) is 0 Å². The number of nitrogens with one attached hydrogen (secondary N) is 1. The molecule has 0 bridgehead atoms. The number of nitrogens with zero attached hydrogens (tertiary/aromatic N) is 2. The maximum atomic E-state index is 12.0. The number of carbonyl (C=O) groups is 1. The first-order valence-electron chi connectivity index (χ1n) is 6.46. The van der Waals surface area contributed by atoms with Crippen LogP contribution in [0.5, 0.6) is 0 Å². The zero-order valence-corrected chi connectivity index (χ0v) is 11.4. The Morgan fingerprint density at radius 2 is 2.10 bits per heavy atom. The minimum Gasteiger partial charge on any atom is -0.409 e. The SMILES string of the molecule is N/C(=N\O)c1cccc(C(=O)NCCc2cccnc2)c1. The van der Waals surface area contributed by atoms with Gasteiger partial charge in [-0.1, -0.05) is 23.4 Å². The van der Waals surface area contributed by atoms with E-state index in [1.165, 1.54) is 0 Å². The first-order valence-corrected chi connectivity index (χ1v) is 6.46. The van der Waals surface area contributed by atoms with Crippen molar-refractivity contribution in [1.29, 1.82) is 0 Å². The Bertz CT molecular complexity index is 641. The van der Waals surface area contributed by atoms with Crippen molar-refractivity contribution in [3.8, 4) is 0 Å². The Labute approximate surface area is 122 Å². The molecule has 0 radical (unpaired) electrons. The van der Waals surface area contributed by atoms with Gasteiger partial charge in [-0.3, -0.25) is 9.78 Å². The number of nitrogens with two attached hydrogens (primary N) is 1. The van der Waals surface area contributed by atoms with Crippen molar-refractivity contribution in [3.63, 3.8) is 0 Å². The highest BCUT2D eigenvalue weighted by molar-refractivity contribution is 6.01. The lowest BCUT2D eigenvalue weighted by molar-refractivity contribution is 0.0954. The molecule has 21 heavy (non-hydrogen) atoms. The third-order valence-corrected chi connectivity index (χ3v) is 2.95. The van der Waals surface area contributed by atoms with Crippen molar-refractivity contribution in [3.05, 3.63) is 65.5 Å². The van der Waals surface area contributed by atoms with Gasteiger partial charge in [0.2, 0.25) is 0 Å². The average molecular weight is 284 g/mol. The number of oxime groups is 1. The lowest BCUT2D eigenvalue weighted by Crippen LogP contribution is -2.26. The van der Waals surface area contributed by atoms with Crippen molar-refractivity contribution >= 4 is 11.7 Å². The standard InChI is InChI=1S/C15H16N4O2/c16-14(19-21)12-4-1-5-13(9-12)15(20)18-8-6-11-3-2-7-17-10-11/h1-5,7,9-10,21H,6,8H2,(H2,16,19)(H,18,20). The van der Waals surface area contributed by atoms with Crippen molar-refractivity contribution in [2.24, 2.45) is 10.9 Å². The molecule has 0 aliphatic rings. The van der Waals surface area contributed by atoms with Crippen LogP contribution in [0, 0.1) is 0 Å².